The van der Waals surface area contributed by atoms with Crippen molar-refractivity contribution < 1.29 is 31.5 Å². The Labute approximate surface area is 126 Å². The summed E-state index contributed by atoms with van der Waals surface area (Å²) in [7, 11) is -4.36. The van der Waals surface area contributed by atoms with Crippen molar-refractivity contribution in [1.82, 2.24) is 9.44 Å². The van der Waals surface area contributed by atoms with E-state index in [1.807, 2.05) is 0 Å². The van der Waals surface area contributed by atoms with E-state index in [4.69, 9.17) is 5.11 Å². The molecule has 1 unspecified atom stereocenters. The summed E-state index contributed by atoms with van der Waals surface area (Å²) in [6.45, 7) is 4.53. The van der Waals surface area contributed by atoms with Crippen LogP contribution in [0.5, 0.6) is 0 Å². The Balaban J connectivity index is 2.16. The fraction of sp³-hybridized carbons (Fsp3) is 0.917. The topological polar surface area (TPSA) is 95.5 Å². The fourth-order valence-corrected chi connectivity index (χ4v) is 5.09. The molecule has 3 aliphatic carbocycles. The Bertz CT molecular complexity index is 575. The average molecular weight is 344 g/mol. The maximum Gasteiger partial charge on any atom is 0.405 e. The van der Waals surface area contributed by atoms with Crippen LogP contribution in [0.25, 0.3) is 0 Å². The summed E-state index contributed by atoms with van der Waals surface area (Å²) in [5, 5.41) is 8.98. The number of hydrogen-bond donors (Lipinski definition) is 3. The van der Waals surface area contributed by atoms with Crippen molar-refractivity contribution in [2.45, 2.75) is 57.8 Å². The number of nitrogens with one attached hydrogen (secondary N) is 2. The molecule has 3 aliphatic rings. The first kappa shape index (κ1) is 17.5. The second-order valence-corrected chi connectivity index (χ2v) is 8.87. The average Bonchev–Trinajstić information content (AvgIpc) is 2.04. The van der Waals surface area contributed by atoms with E-state index in [0.29, 0.717) is 0 Å². The molecule has 22 heavy (non-hydrogen) atoms. The molecule has 0 aromatic carbocycles. The summed E-state index contributed by atoms with van der Waals surface area (Å²) in [6.07, 6.45) is -5.25. The van der Waals surface area contributed by atoms with Gasteiger partial charge in [-0.1, -0.05) is 0 Å². The molecule has 10 heteroatoms. The van der Waals surface area contributed by atoms with Gasteiger partial charge >= 0.3 is 12.1 Å². The van der Waals surface area contributed by atoms with Crippen molar-refractivity contribution in [1.29, 1.82) is 0 Å². The normalized spacial score (nSPS) is 32.8. The number of halogens is 3. The van der Waals surface area contributed by atoms with Gasteiger partial charge in [0.05, 0.1) is 5.41 Å². The molecule has 3 rings (SSSR count). The Hall–Kier alpha value is -0.870. The van der Waals surface area contributed by atoms with Crippen molar-refractivity contribution in [2.24, 2.45) is 10.8 Å². The molecule has 0 saturated heterocycles. The molecule has 0 spiro atoms. The largest absolute Gasteiger partial charge is 0.481 e. The highest BCUT2D eigenvalue weighted by atomic mass is 32.2. The van der Waals surface area contributed by atoms with Crippen molar-refractivity contribution in [2.75, 3.05) is 0 Å². The first-order chi connectivity index (χ1) is 9.61. The Morgan fingerprint density at radius 2 is 1.64 bits per heavy atom. The first-order valence-corrected chi connectivity index (χ1v) is 8.21. The van der Waals surface area contributed by atoms with Crippen molar-refractivity contribution in [3.8, 4) is 0 Å². The van der Waals surface area contributed by atoms with Crippen LogP contribution < -0.4 is 9.44 Å². The van der Waals surface area contributed by atoms with Gasteiger partial charge in [-0.3, -0.25) is 4.79 Å². The van der Waals surface area contributed by atoms with E-state index < -0.39 is 44.8 Å². The quantitative estimate of drug-likeness (QED) is 0.702. The highest BCUT2D eigenvalue weighted by Gasteiger charge is 2.78. The number of hydrogen-bond acceptors (Lipinski definition) is 3. The number of rotatable bonds is 5. The monoisotopic (exact) mass is 344 g/mol. The lowest BCUT2D eigenvalue weighted by molar-refractivity contribution is -0.280. The standard InChI is InChI=1S/C12H19F3N2O4S/c1-9(2,3)17-22(20,21)16-7(12(13,14)15)10-4-11(5-10,6-10)8(18)19/h7,16-17H,4-6H2,1-3H3,(H,18,19). The second-order valence-electron chi connectivity index (χ2n) is 7.43. The van der Waals surface area contributed by atoms with Crippen LogP contribution in [0.2, 0.25) is 0 Å². The molecule has 3 N–H and O–H groups in total. The molecule has 0 aliphatic heterocycles. The summed E-state index contributed by atoms with van der Waals surface area (Å²) >= 11 is 0. The first-order valence-electron chi connectivity index (χ1n) is 6.72. The van der Waals surface area contributed by atoms with Crippen LogP contribution in [0.1, 0.15) is 40.0 Å². The van der Waals surface area contributed by atoms with Crippen molar-refractivity contribution in [3.63, 3.8) is 0 Å². The van der Waals surface area contributed by atoms with Crippen LogP contribution in [-0.2, 0) is 15.0 Å². The van der Waals surface area contributed by atoms with E-state index in [1.165, 1.54) is 20.8 Å². The van der Waals surface area contributed by atoms with Gasteiger partial charge in [0.25, 0.3) is 10.2 Å². The zero-order valence-corrected chi connectivity index (χ0v) is 13.2. The highest BCUT2D eigenvalue weighted by Crippen LogP contribution is 2.76. The lowest BCUT2D eigenvalue weighted by Gasteiger charge is -2.70. The van der Waals surface area contributed by atoms with E-state index in [0.717, 1.165) is 0 Å². The van der Waals surface area contributed by atoms with Gasteiger partial charge in [-0.2, -0.15) is 31.0 Å². The van der Waals surface area contributed by atoms with Gasteiger partial charge in [0.1, 0.15) is 6.04 Å². The molecule has 2 bridgehead atoms. The van der Waals surface area contributed by atoms with Gasteiger partial charge < -0.3 is 5.11 Å². The Morgan fingerprint density at radius 3 is 1.95 bits per heavy atom. The summed E-state index contributed by atoms with van der Waals surface area (Å²) in [6, 6.07) is -2.28. The van der Waals surface area contributed by atoms with Crippen LogP contribution in [0.3, 0.4) is 0 Å². The van der Waals surface area contributed by atoms with E-state index >= 15 is 0 Å². The van der Waals surface area contributed by atoms with Crippen molar-refractivity contribution in [3.05, 3.63) is 0 Å². The minimum absolute atomic E-state index is 0.155. The molecular formula is C12H19F3N2O4S. The van der Waals surface area contributed by atoms with Gasteiger partial charge in [-0.15, -0.1) is 0 Å². The second kappa shape index (κ2) is 4.57. The summed E-state index contributed by atoms with van der Waals surface area (Å²) in [5.74, 6) is -1.12. The maximum absolute atomic E-state index is 13.2. The lowest BCUT2D eigenvalue weighted by atomic mass is 9.33. The smallest absolute Gasteiger partial charge is 0.405 e. The van der Waals surface area contributed by atoms with Gasteiger partial charge in [0, 0.05) is 5.54 Å². The number of carbonyl (C=O) groups is 1. The summed E-state index contributed by atoms with van der Waals surface area (Å²) in [5.41, 5.74) is -3.38. The molecular weight excluding hydrogens is 325 g/mol. The molecule has 3 fully saturated rings. The summed E-state index contributed by atoms with van der Waals surface area (Å²) < 4.78 is 67.3. The van der Waals surface area contributed by atoms with Crippen LogP contribution in [0, 0.1) is 10.8 Å². The molecule has 0 radical (unpaired) electrons. The van der Waals surface area contributed by atoms with E-state index in [-0.39, 0.29) is 19.3 Å². The third-order valence-corrected chi connectivity index (χ3v) is 5.61. The molecule has 0 heterocycles. The highest BCUT2D eigenvalue weighted by molar-refractivity contribution is 7.87. The number of carboxylic acids is 1. The minimum atomic E-state index is -4.78. The third kappa shape index (κ3) is 2.95. The fourth-order valence-electron chi connectivity index (χ4n) is 3.53. The van der Waals surface area contributed by atoms with Crippen LogP contribution >= 0.6 is 0 Å². The van der Waals surface area contributed by atoms with Crippen LogP contribution in [-0.4, -0.2) is 37.3 Å². The molecule has 0 amide bonds. The molecule has 6 nitrogen and oxygen atoms in total. The predicted molar refractivity (Wildman–Crippen MR) is 71.1 cm³/mol. The molecule has 3 saturated carbocycles. The zero-order chi connectivity index (χ0) is 17.2. The number of aliphatic carboxylic acids is 1. The van der Waals surface area contributed by atoms with Gasteiger partial charge in [0.2, 0.25) is 0 Å². The number of alkyl halides is 3. The van der Waals surface area contributed by atoms with E-state index in [1.54, 1.807) is 4.72 Å². The van der Waals surface area contributed by atoms with Crippen molar-refractivity contribution >= 4 is 16.2 Å². The molecule has 0 aromatic rings. The minimum Gasteiger partial charge on any atom is -0.481 e. The Morgan fingerprint density at radius 1 is 1.18 bits per heavy atom. The van der Waals surface area contributed by atoms with Gasteiger partial charge in [-0.05, 0) is 45.4 Å². The third-order valence-electron chi connectivity index (χ3n) is 4.18. The van der Waals surface area contributed by atoms with E-state index in [9.17, 15) is 26.4 Å². The van der Waals surface area contributed by atoms with Crippen LogP contribution in [0.15, 0.2) is 0 Å². The lowest BCUT2D eigenvalue weighted by Crippen LogP contribution is -2.75. The molecule has 1 atom stereocenters. The van der Waals surface area contributed by atoms with Crippen LogP contribution in [0.4, 0.5) is 13.2 Å². The van der Waals surface area contributed by atoms with Gasteiger partial charge in [-0.25, -0.2) is 0 Å². The maximum atomic E-state index is 13.2. The SMILES string of the molecule is CC(C)(C)NS(=O)(=O)NC(C(F)(F)F)C12CC(C(=O)O)(C1)C2. The predicted octanol–water partition coefficient (Wildman–Crippen LogP) is 1.39. The molecule has 128 valence electrons. The van der Waals surface area contributed by atoms with Gasteiger partial charge in [0.15, 0.2) is 0 Å². The zero-order valence-electron chi connectivity index (χ0n) is 12.4. The Kier molecular flexibility index (Phi) is 3.64. The number of carboxylic acid groups (broad SMARTS) is 1. The van der Waals surface area contributed by atoms with E-state index in [2.05, 4.69) is 4.72 Å². The summed E-state index contributed by atoms with van der Waals surface area (Å²) in [4.78, 5) is 11.0. The molecule has 0 aromatic heterocycles.